The standard InChI is InChI=1S/C7H14NO4/c1-6(2)7(12)8(3-9,4-10)5-11/h9-11H,1,3-5H2,2H3/q+1. The summed E-state index contributed by atoms with van der Waals surface area (Å²) in [5.74, 6) is -0.567. The lowest BCUT2D eigenvalue weighted by Gasteiger charge is -2.28. The van der Waals surface area contributed by atoms with E-state index in [2.05, 4.69) is 6.58 Å². The smallest absolute Gasteiger partial charge is 0.346 e. The van der Waals surface area contributed by atoms with E-state index in [0.29, 0.717) is 0 Å². The second kappa shape index (κ2) is 4.32. The molecule has 0 aromatic heterocycles. The van der Waals surface area contributed by atoms with Crippen LogP contribution in [0.1, 0.15) is 6.92 Å². The van der Waals surface area contributed by atoms with Gasteiger partial charge in [-0.3, -0.25) is 0 Å². The number of carbonyl (C=O) groups excluding carboxylic acids is 1. The lowest BCUT2D eigenvalue weighted by molar-refractivity contribution is -0.907. The molecule has 0 aliphatic heterocycles. The SMILES string of the molecule is C=C(C)C(=O)[N+](CO)(CO)CO. The van der Waals surface area contributed by atoms with Crippen molar-refractivity contribution in [3.8, 4) is 0 Å². The minimum atomic E-state index is -0.796. The fourth-order valence-electron chi connectivity index (χ4n) is 0.732. The Morgan fingerprint density at radius 2 is 1.58 bits per heavy atom. The van der Waals surface area contributed by atoms with Crippen LogP contribution >= 0.6 is 0 Å². The number of hydrogen-bond donors (Lipinski definition) is 3. The topological polar surface area (TPSA) is 77.8 Å². The van der Waals surface area contributed by atoms with Crippen molar-refractivity contribution in [3.05, 3.63) is 12.2 Å². The maximum absolute atomic E-state index is 11.3. The highest BCUT2D eigenvalue weighted by Gasteiger charge is 2.34. The summed E-state index contributed by atoms with van der Waals surface area (Å²) in [5.41, 5.74) is 0.187. The molecule has 0 aromatic carbocycles. The van der Waals surface area contributed by atoms with Crippen molar-refractivity contribution in [1.29, 1.82) is 0 Å². The molecule has 0 unspecified atom stereocenters. The zero-order valence-electron chi connectivity index (χ0n) is 7.03. The maximum Gasteiger partial charge on any atom is 0.346 e. The molecule has 1 amide bonds. The molecule has 5 nitrogen and oxygen atoms in total. The second-order valence-electron chi connectivity index (χ2n) is 2.65. The van der Waals surface area contributed by atoms with E-state index in [1.54, 1.807) is 0 Å². The Morgan fingerprint density at radius 3 is 1.67 bits per heavy atom. The first-order valence-corrected chi connectivity index (χ1v) is 3.43. The summed E-state index contributed by atoms with van der Waals surface area (Å²) < 4.78 is -0.796. The molecule has 3 N–H and O–H groups in total. The third-order valence-electron chi connectivity index (χ3n) is 1.61. The monoisotopic (exact) mass is 176 g/mol. The highest BCUT2D eigenvalue weighted by atomic mass is 16.4. The van der Waals surface area contributed by atoms with Crippen LogP contribution in [0.3, 0.4) is 0 Å². The van der Waals surface area contributed by atoms with Gasteiger partial charge >= 0.3 is 5.91 Å². The molecule has 0 radical (unpaired) electrons. The first kappa shape index (κ1) is 11.2. The van der Waals surface area contributed by atoms with Gasteiger partial charge in [-0.05, 0) is 6.92 Å². The van der Waals surface area contributed by atoms with Crippen molar-refractivity contribution in [2.75, 3.05) is 20.2 Å². The number of rotatable bonds is 4. The molecule has 0 spiro atoms. The molecule has 0 aromatic rings. The summed E-state index contributed by atoms with van der Waals surface area (Å²) in [5, 5.41) is 26.4. The maximum atomic E-state index is 11.3. The minimum Gasteiger partial charge on any atom is -0.347 e. The Morgan fingerprint density at radius 1 is 1.25 bits per heavy atom. The van der Waals surface area contributed by atoms with Gasteiger partial charge in [-0.1, -0.05) is 6.58 Å². The van der Waals surface area contributed by atoms with Crippen LogP contribution in [0, 0.1) is 0 Å². The van der Waals surface area contributed by atoms with Crippen LogP contribution in [0.5, 0.6) is 0 Å². The van der Waals surface area contributed by atoms with Gasteiger partial charge in [0.1, 0.15) is 0 Å². The van der Waals surface area contributed by atoms with Crippen molar-refractivity contribution < 1.29 is 24.6 Å². The number of carbonyl (C=O) groups is 1. The van der Waals surface area contributed by atoms with Gasteiger partial charge in [0, 0.05) is 5.57 Å². The minimum absolute atomic E-state index is 0.187. The van der Waals surface area contributed by atoms with Crippen molar-refractivity contribution in [3.63, 3.8) is 0 Å². The molecule has 0 saturated heterocycles. The fourth-order valence-corrected chi connectivity index (χ4v) is 0.732. The van der Waals surface area contributed by atoms with Crippen LogP contribution in [0.4, 0.5) is 0 Å². The molecular weight excluding hydrogens is 162 g/mol. The molecule has 0 heterocycles. The third-order valence-corrected chi connectivity index (χ3v) is 1.61. The fraction of sp³-hybridized carbons (Fsp3) is 0.571. The van der Waals surface area contributed by atoms with E-state index in [-0.39, 0.29) is 5.57 Å². The predicted octanol–water partition coefficient (Wildman–Crippen LogP) is -1.24. The van der Waals surface area contributed by atoms with Crippen LogP contribution in [-0.4, -0.2) is 45.9 Å². The van der Waals surface area contributed by atoms with Crippen LogP contribution in [-0.2, 0) is 4.79 Å². The Kier molecular flexibility index (Phi) is 4.05. The van der Waals surface area contributed by atoms with Gasteiger partial charge in [-0.25, -0.2) is 4.79 Å². The Labute approximate surface area is 70.8 Å². The quantitative estimate of drug-likeness (QED) is 0.284. The molecule has 0 fully saturated rings. The number of aliphatic hydroxyl groups is 3. The zero-order chi connectivity index (χ0) is 9.78. The number of aliphatic hydroxyl groups excluding tert-OH is 3. The highest BCUT2D eigenvalue weighted by molar-refractivity contribution is 5.86. The molecule has 12 heavy (non-hydrogen) atoms. The number of nitrogens with zero attached hydrogens (tertiary/aromatic N) is 1. The Hall–Kier alpha value is -0.750. The van der Waals surface area contributed by atoms with E-state index in [0.717, 1.165) is 0 Å². The average Bonchev–Trinajstić information content (AvgIpc) is 2.08. The van der Waals surface area contributed by atoms with Crippen LogP contribution in [0.25, 0.3) is 0 Å². The van der Waals surface area contributed by atoms with E-state index in [1.165, 1.54) is 6.92 Å². The summed E-state index contributed by atoms with van der Waals surface area (Å²) >= 11 is 0. The number of amides is 1. The van der Waals surface area contributed by atoms with E-state index in [1.807, 2.05) is 0 Å². The number of quaternary nitrogens is 1. The first-order chi connectivity index (χ1) is 5.54. The van der Waals surface area contributed by atoms with Crippen LogP contribution < -0.4 is 0 Å². The summed E-state index contributed by atoms with van der Waals surface area (Å²) in [6.45, 7) is 2.90. The normalized spacial score (nSPS) is 11.3. The van der Waals surface area contributed by atoms with E-state index in [4.69, 9.17) is 15.3 Å². The Balaban J connectivity index is 4.71. The first-order valence-electron chi connectivity index (χ1n) is 3.43. The van der Waals surface area contributed by atoms with Crippen molar-refractivity contribution >= 4 is 5.91 Å². The lowest BCUT2D eigenvalue weighted by atomic mass is 10.3. The summed E-state index contributed by atoms with van der Waals surface area (Å²) in [6, 6.07) is 0. The molecule has 0 rings (SSSR count). The van der Waals surface area contributed by atoms with Gasteiger partial charge < -0.3 is 15.3 Å². The van der Waals surface area contributed by atoms with Gasteiger partial charge in [-0.15, -0.1) is 0 Å². The van der Waals surface area contributed by atoms with Gasteiger partial charge in [0.15, 0.2) is 20.2 Å². The van der Waals surface area contributed by atoms with Gasteiger partial charge in [0.05, 0.1) is 0 Å². The molecule has 0 saturated carbocycles. The zero-order valence-corrected chi connectivity index (χ0v) is 7.03. The largest absolute Gasteiger partial charge is 0.347 e. The molecule has 70 valence electrons. The average molecular weight is 176 g/mol. The summed E-state index contributed by atoms with van der Waals surface area (Å²) in [4.78, 5) is 11.3. The van der Waals surface area contributed by atoms with E-state index in [9.17, 15) is 4.79 Å². The Bertz CT molecular complexity index is 178. The van der Waals surface area contributed by atoms with E-state index >= 15 is 0 Å². The van der Waals surface area contributed by atoms with Gasteiger partial charge in [-0.2, -0.15) is 4.48 Å². The third kappa shape index (κ3) is 1.89. The molecule has 0 aliphatic rings. The van der Waals surface area contributed by atoms with Gasteiger partial charge in [0.2, 0.25) is 0 Å². The van der Waals surface area contributed by atoms with Crippen molar-refractivity contribution in [2.24, 2.45) is 0 Å². The molecule has 5 heteroatoms. The van der Waals surface area contributed by atoms with Crippen molar-refractivity contribution in [2.45, 2.75) is 6.92 Å². The predicted molar refractivity (Wildman–Crippen MR) is 41.3 cm³/mol. The molecule has 0 bridgehead atoms. The van der Waals surface area contributed by atoms with E-state index < -0.39 is 30.6 Å². The summed E-state index contributed by atoms with van der Waals surface area (Å²) in [7, 11) is 0. The van der Waals surface area contributed by atoms with Gasteiger partial charge in [0.25, 0.3) is 0 Å². The highest BCUT2D eigenvalue weighted by Crippen LogP contribution is 2.08. The number of hydrogen-bond acceptors (Lipinski definition) is 4. The molecule has 0 aliphatic carbocycles. The summed E-state index contributed by atoms with van der Waals surface area (Å²) in [6.07, 6.45) is 0. The van der Waals surface area contributed by atoms with Crippen molar-refractivity contribution in [1.82, 2.24) is 0 Å². The van der Waals surface area contributed by atoms with Crippen LogP contribution in [0.15, 0.2) is 12.2 Å². The van der Waals surface area contributed by atoms with Crippen LogP contribution in [0.2, 0.25) is 0 Å². The lowest BCUT2D eigenvalue weighted by Crippen LogP contribution is -2.55. The second-order valence-corrected chi connectivity index (χ2v) is 2.65. The molecule has 0 atom stereocenters. The molecular formula is C7H14NO4+.